The first kappa shape index (κ1) is 17.7. The Hall–Kier alpha value is -2.08. The number of amides is 1. The first-order valence-electron chi connectivity index (χ1n) is 8.70. The minimum atomic E-state index is -0.481. The summed E-state index contributed by atoms with van der Waals surface area (Å²) in [6, 6.07) is 8.16. The molecule has 0 atom stereocenters. The molecule has 0 spiro atoms. The third kappa shape index (κ3) is 4.95. The van der Waals surface area contributed by atoms with E-state index in [1.165, 1.54) is 23.5 Å². The number of fused-ring (bicyclic) bond motifs is 1. The normalized spacial score (nSPS) is 14.2. The number of carbonyl (C=O) groups is 1. The van der Waals surface area contributed by atoms with Crippen LogP contribution in [0.3, 0.4) is 0 Å². The number of hydrogen-bond donors (Lipinski definition) is 2. The Bertz CT molecular complexity index is 709. The van der Waals surface area contributed by atoms with E-state index in [0.29, 0.717) is 6.54 Å². The van der Waals surface area contributed by atoms with Gasteiger partial charge >= 0.3 is 6.09 Å². The fourth-order valence-corrected chi connectivity index (χ4v) is 3.70. The summed E-state index contributed by atoms with van der Waals surface area (Å²) in [5, 5.41) is 8.51. The Labute approximate surface area is 152 Å². The number of carbonyl (C=O) groups excluding carboxylic acids is 1. The molecule has 0 aliphatic carbocycles. The van der Waals surface area contributed by atoms with E-state index in [0.717, 1.165) is 29.1 Å². The van der Waals surface area contributed by atoms with Crippen molar-refractivity contribution in [2.24, 2.45) is 0 Å². The van der Waals surface area contributed by atoms with Gasteiger partial charge in [0.2, 0.25) is 0 Å². The number of ether oxygens (including phenoxy) is 1. The molecule has 0 bridgehead atoms. The molecule has 0 saturated carbocycles. The van der Waals surface area contributed by atoms with Gasteiger partial charge in [-0.15, -0.1) is 0 Å². The van der Waals surface area contributed by atoms with Crippen molar-refractivity contribution in [2.75, 3.05) is 11.9 Å². The largest absolute Gasteiger partial charge is 0.444 e. The number of aryl methyl sites for hydroxylation is 1. The minimum absolute atomic E-state index is 0.397. The van der Waals surface area contributed by atoms with Crippen LogP contribution in [-0.2, 0) is 17.7 Å². The molecule has 1 aliphatic heterocycles. The van der Waals surface area contributed by atoms with Crippen molar-refractivity contribution in [3.05, 3.63) is 35.5 Å². The van der Waals surface area contributed by atoms with Gasteiger partial charge in [-0.25, -0.2) is 9.78 Å². The van der Waals surface area contributed by atoms with Crippen molar-refractivity contribution in [2.45, 2.75) is 52.2 Å². The van der Waals surface area contributed by atoms with E-state index in [9.17, 15) is 4.79 Å². The summed E-state index contributed by atoms with van der Waals surface area (Å²) in [5.74, 6) is 0. The monoisotopic (exact) mass is 359 g/mol. The van der Waals surface area contributed by atoms with Crippen molar-refractivity contribution in [1.29, 1.82) is 0 Å². The van der Waals surface area contributed by atoms with Crippen LogP contribution in [0.25, 0.3) is 10.6 Å². The maximum absolute atomic E-state index is 11.7. The van der Waals surface area contributed by atoms with E-state index < -0.39 is 11.7 Å². The molecular weight excluding hydrogens is 334 g/mol. The third-order valence-corrected chi connectivity index (χ3v) is 4.96. The lowest BCUT2D eigenvalue weighted by atomic mass is 10.1. The van der Waals surface area contributed by atoms with Gasteiger partial charge in [-0.2, -0.15) is 0 Å². The summed E-state index contributed by atoms with van der Waals surface area (Å²) in [7, 11) is 0. The van der Waals surface area contributed by atoms with E-state index in [1.54, 1.807) is 11.3 Å². The van der Waals surface area contributed by atoms with Crippen LogP contribution >= 0.6 is 11.3 Å². The van der Waals surface area contributed by atoms with Gasteiger partial charge in [-0.3, -0.25) is 0 Å². The van der Waals surface area contributed by atoms with E-state index >= 15 is 0 Å². The van der Waals surface area contributed by atoms with Crippen LogP contribution in [0.2, 0.25) is 0 Å². The molecular formula is C19H25N3O2S. The van der Waals surface area contributed by atoms with Crippen LogP contribution in [0.1, 0.15) is 44.9 Å². The Morgan fingerprint density at radius 2 is 2.04 bits per heavy atom. The number of alkyl carbamates (subject to hydrolysis) is 1. The van der Waals surface area contributed by atoms with E-state index in [-0.39, 0.29) is 0 Å². The molecule has 5 nitrogen and oxygen atoms in total. The van der Waals surface area contributed by atoms with Crippen LogP contribution < -0.4 is 10.6 Å². The van der Waals surface area contributed by atoms with Gasteiger partial charge in [0.05, 0.1) is 5.69 Å². The number of nitrogens with one attached hydrogen (secondary N) is 2. The van der Waals surface area contributed by atoms with Gasteiger partial charge in [-0.1, -0.05) is 35.6 Å². The zero-order valence-corrected chi connectivity index (χ0v) is 15.8. The number of aromatic nitrogens is 1. The zero-order valence-electron chi connectivity index (χ0n) is 15.0. The second kappa shape index (κ2) is 7.44. The van der Waals surface area contributed by atoms with Crippen LogP contribution in [-0.4, -0.2) is 23.2 Å². The zero-order chi connectivity index (χ0) is 17.9. The lowest BCUT2D eigenvalue weighted by molar-refractivity contribution is 0.0523. The summed E-state index contributed by atoms with van der Waals surface area (Å²) < 4.78 is 5.24. The van der Waals surface area contributed by atoms with Crippen molar-refractivity contribution in [3.63, 3.8) is 0 Å². The van der Waals surface area contributed by atoms with E-state index in [2.05, 4.69) is 22.8 Å². The van der Waals surface area contributed by atoms with Gasteiger partial charge in [0.15, 0.2) is 0 Å². The molecule has 1 aromatic heterocycles. The second-order valence-corrected chi connectivity index (χ2v) is 8.23. The van der Waals surface area contributed by atoms with Gasteiger partial charge < -0.3 is 15.4 Å². The van der Waals surface area contributed by atoms with Crippen LogP contribution in [0.4, 0.5) is 9.80 Å². The first-order chi connectivity index (χ1) is 11.9. The number of benzene rings is 1. The lowest BCUT2D eigenvalue weighted by Crippen LogP contribution is -2.32. The Kier molecular flexibility index (Phi) is 5.27. The number of hydrogen-bond acceptors (Lipinski definition) is 5. The molecule has 25 heavy (non-hydrogen) atoms. The number of rotatable bonds is 3. The first-order valence-corrected chi connectivity index (χ1v) is 9.52. The molecule has 3 rings (SSSR count). The quantitative estimate of drug-likeness (QED) is 0.842. The van der Waals surface area contributed by atoms with Crippen molar-refractivity contribution in [3.8, 4) is 10.6 Å². The van der Waals surface area contributed by atoms with Gasteiger partial charge in [0, 0.05) is 18.7 Å². The smallest absolute Gasteiger partial charge is 0.407 e. The molecule has 0 saturated heterocycles. The molecule has 0 unspecified atom stereocenters. The molecule has 1 aliphatic rings. The summed E-state index contributed by atoms with van der Waals surface area (Å²) in [5.41, 5.74) is 2.85. The fraction of sp³-hybridized carbons (Fsp3) is 0.474. The summed E-state index contributed by atoms with van der Waals surface area (Å²) >= 11 is 1.72. The molecule has 2 heterocycles. The summed E-state index contributed by atoms with van der Waals surface area (Å²) in [6.45, 7) is 7.04. The van der Waals surface area contributed by atoms with Gasteiger partial charge in [0.1, 0.15) is 15.6 Å². The van der Waals surface area contributed by atoms with Crippen molar-refractivity contribution >= 4 is 22.4 Å². The van der Waals surface area contributed by atoms with Crippen LogP contribution in [0.15, 0.2) is 24.3 Å². The predicted octanol–water partition coefficient (Wildman–Crippen LogP) is 4.58. The van der Waals surface area contributed by atoms with Crippen molar-refractivity contribution in [1.82, 2.24) is 10.3 Å². The highest BCUT2D eigenvalue weighted by atomic mass is 32.1. The molecule has 2 N–H and O–H groups in total. The molecule has 1 aromatic carbocycles. The molecule has 0 fully saturated rings. The number of nitrogens with zero attached hydrogens (tertiary/aromatic N) is 1. The minimum Gasteiger partial charge on any atom is -0.444 e. The van der Waals surface area contributed by atoms with Crippen molar-refractivity contribution < 1.29 is 9.53 Å². The Morgan fingerprint density at radius 3 is 2.76 bits per heavy atom. The van der Waals surface area contributed by atoms with E-state index in [4.69, 9.17) is 9.72 Å². The van der Waals surface area contributed by atoms with Crippen LogP contribution in [0, 0.1) is 0 Å². The third-order valence-electron chi connectivity index (χ3n) is 3.86. The predicted molar refractivity (Wildman–Crippen MR) is 102 cm³/mol. The maximum atomic E-state index is 11.7. The molecule has 2 aromatic rings. The topological polar surface area (TPSA) is 63.2 Å². The lowest BCUT2D eigenvalue weighted by Gasteiger charge is -2.19. The molecule has 6 heteroatoms. The number of thiazole rings is 1. The second-order valence-electron chi connectivity index (χ2n) is 7.23. The summed E-state index contributed by atoms with van der Waals surface area (Å²) in [4.78, 5) is 16.5. The average Bonchev–Trinajstić information content (AvgIpc) is 2.83. The molecule has 134 valence electrons. The SMILES string of the molecule is CC(C)(C)OC(=O)NCc1ccc(-c2nc3c(s2)NCCCC3)cc1. The fourth-order valence-electron chi connectivity index (χ4n) is 2.66. The average molecular weight is 359 g/mol. The highest BCUT2D eigenvalue weighted by molar-refractivity contribution is 7.19. The highest BCUT2D eigenvalue weighted by Crippen LogP contribution is 2.34. The highest BCUT2D eigenvalue weighted by Gasteiger charge is 2.16. The standard InChI is InChI=1S/C19H25N3O2S/c1-19(2,3)24-18(23)21-12-13-7-9-14(10-8-13)16-22-15-6-4-5-11-20-17(15)25-16/h7-10,20H,4-6,11-12H2,1-3H3,(H,21,23). The van der Waals surface area contributed by atoms with Crippen LogP contribution in [0.5, 0.6) is 0 Å². The van der Waals surface area contributed by atoms with Gasteiger partial charge in [0.25, 0.3) is 0 Å². The Balaban J connectivity index is 1.62. The maximum Gasteiger partial charge on any atom is 0.407 e. The number of anilines is 1. The Morgan fingerprint density at radius 1 is 1.28 bits per heavy atom. The van der Waals surface area contributed by atoms with E-state index in [1.807, 2.05) is 32.9 Å². The molecule has 0 radical (unpaired) electrons. The summed E-state index contributed by atoms with van der Waals surface area (Å²) in [6.07, 6.45) is 3.05. The van der Waals surface area contributed by atoms with Gasteiger partial charge in [-0.05, 0) is 45.6 Å². The molecule has 1 amide bonds.